The third-order valence-electron chi connectivity index (χ3n) is 5.42. The molecule has 1 heterocycles. The number of quaternary nitrogens is 1. The standard InChI is InChI=1S/C22H27N3O2/c1-15-11-12-16(2)18(14-15)24-22(27)20(17-8-4-3-5-9-17)25-13-7-6-10-19(25)21(23)26/h3-5,8-9,11-12,14,19-20H,6-7,10,13H2,1-2H3,(H2,23,26)(H,24,27)/p+1/t19-,20+/m1/s1. The van der Waals surface area contributed by atoms with E-state index in [1.807, 2.05) is 62.4 Å². The minimum atomic E-state index is -0.469. The van der Waals surface area contributed by atoms with Crippen molar-refractivity contribution in [2.45, 2.75) is 45.2 Å². The molecule has 3 rings (SSSR count). The third-order valence-corrected chi connectivity index (χ3v) is 5.42. The molecule has 0 radical (unpaired) electrons. The number of hydrogen-bond acceptors (Lipinski definition) is 2. The van der Waals surface area contributed by atoms with E-state index in [2.05, 4.69) is 5.32 Å². The number of benzene rings is 2. The van der Waals surface area contributed by atoms with Crippen LogP contribution < -0.4 is 16.0 Å². The first kappa shape index (κ1) is 19.1. The number of carbonyl (C=O) groups excluding carboxylic acids is 2. The zero-order valence-electron chi connectivity index (χ0n) is 16.0. The molecule has 0 saturated carbocycles. The van der Waals surface area contributed by atoms with Crippen molar-refractivity contribution in [3.63, 3.8) is 0 Å². The lowest BCUT2D eigenvalue weighted by Crippen LogP contribution is -3.19. The van der Waals surface area contributed by atoms with Crippen molar-refractivity contribution in [1.29, 1.82) is 0 Å². The summed E-state index contributed by atoms with van der Waals surface area (Å²) in [6, 6.07) is 14.9. The molecular formula is C22H28N3O2+. The Morgan fingerprint density at radius 2 is 1.85 bits per heavy atom. The molecule has 2 amide bonds. The van der Waals surface area contributed by atoms with Crippen LogP contribution in [0.15, 0.2) is 48.5 Å². The predicted octanol–water partition coefficient (Wildman–Crippen LogP) is 1.91. The second-order valence-corrected chi connectivity index (χ2v) is 7.43. The van der Waals surface area contributed by atoms with Crippen LogP contribution in [0.2, 0.25) is 0 Å². The van der Waals surface area contributed by atoms with Gasteiger partial charge in [-0.05, 0) is 43.9 Å². The molecule has 1 unspecified atom stereocenters. The van der Waals surface area contributed by atoms with Crippen LogP contribution in [-0.2, 0) is 9.59 Å². The maximum absolute atomic E-state index is 13.4. The van der Waals surface area contributed by atoms with Gasteiger partial charge in [0, 0.05) is 17.7 Å². The van der Waals surface area contributed by atoms with Crippen LogP contribution in [0.3, 0.4) is 0 Å². The van der Waals surface area contributed by atoms with Crippen molar-refractivity contribution < 1.29 is 14.5 Å². The minimum Gasteiger partial charge on any atom is -0.365 e. The largest absolute Gasteiger partial charge is 0.365 e. The fourth-order valence-corrected chi connectivity index (χ4v) is 3.96. The molecule has 2 aromatic rings. The first-order chi connectivity index (χ1) is 13.0. The summed E-state index contributed by atoms with van der Waals surface area (Å²) in [5.41, 5.74) is 9.50. The van der Waals surface area contributed by atoms with Gasteiger partial charge in [0.25, 0.3) is 11.8 Å². The average molecular weight is 366 g/mol. The third kappa shape index (κ3) is 4.37. The number of carbonyl (C=O) groups is 2. The molecule has 142 valence electrons. The van der Waals surface area contributed by atoms with Crippen LogP contribution in [0.1, 0.15) is 42.0 Å². The molecule has 1 saturated heterocycles. The van der Waals surface area contributed by atoms with Gasteiger partial charge in [-0.1, -0.05) is 42.5 Å². The fraction of sp³-hybridized carbons (Fsp3) is 0.364. The second-order valence-electron chi connectivity index (χ2n) is 7.43. The van der Waals surface area contributed by atoms with Crippen molar-refractivity contribution in [2.75, 3.05) is 11.9 Å². The molecule has 3 atom stereocenters. The van der Waals surface area contributed by atoms with Crippen molar-refractivity contribution in [3.8, 4) is 0 Å². The number of aryl methyl sites for hydroxylation is 2. The molecule has 5 nitrogen and oxygen atoms in total. The van der Waals surface area contributed by atoms with E-state index in [1.165, 1.54) is 0 Å². The maximum atomic E-state index is 13.4. The van der Waals surface area contributed by atoms with Crippen LogP contribution in [0.4, 0.5) is 5.69 Å². The van der Waals surface area contributed by atoms with Gasteiger partial charge in [0.2, 0.25) is 0 Å². The summed E-state index contributed by atoms with van der Waals surface area (Å²) < 4.78 is 0. The summed E-state index contributed by atoms with van der Waals surface area (Å²) in [6.07, 6.45) is 2.68. The summed E-state index contributed by atoms with van der Waals surface area (Å²) in [5, 5.41) is 3.09. The van der Waals surface area contributed by atoms with Crippen LogP contribution in [0.5, 0.6) is 0 Å². The van der Waals surface area contributed by atoms with Gasteiger partial charge in [-0.3, -0.25) is 9.59 Å². The molecule has 5 heteroatoms. The highest BCUT2D eigenvalue weighted by Crippen LogP contribution is 2.20. The molecule has 2 aromatic carbocycles. The van der Waals surface area contributed by atoms with Crippen molar-refractivity contribution in [1.82, 2.24) is 0 Å². The summed E-state index contributed by atoms with van der Waals surface area (Å²) in [6.45, 7) is 4.74. The van der Waals surface area contributed by atoms with Gasteiger partial charge in [0.05, 0.1) is 6.54 Å². The number of hydrogen-bond donors (Lipinski definition) is 3. The molecule has 27 heavy (non-hydrogen) atoms. The van der Waals surface area contributed by atoms with E-state index in [9.17, 15) is 9.59 Å². The SMILES string of the molecule is Cc1ccc(C)c(NC(=O)[C@H](c2ccccc2)[NH+]2CCCC[C@@H]2C(N)=O)c1. The monoisotopic (exact) mass is 366 g/mol. The first-order valence-electron chi connectivity index (χ1n) is 9.55. The highest BCUT2D eigenvalue weighted by molar-refractivity contribution is 5.95. The van der Waals surface area contributed by atoms with Crippen LogP contribution >= 0.6 is 0 Å². The lowest BCUT2D eigenvalue weighted by Gasteiger charge is -2.36. The van der Waals surface area contributed by atoms with Gasteiger partial charge in [-0.15, -0.1) is 0 Å². The quantitative estimate of drug-likeness (QED) is 0.756. The number of amides is 2. The molecule has 0 aliphatic carbocycles. The number of primary amides is 1. The van der Waals surface area contributed by atoms with Crippen LogP contribution in [0, 0.1) is 13.8 Å². The van der Waals surface area contributed by atoms with Crippen molar-refractivity contribution in [3.05, 3.63) is 65.2 Å². The Bertz CT molecular complexity index is 820. The van der Waals surface area contributed by atoms with Gasteiger partial charge in [-0.2, -0.15) is 0 Å². The van der Waals surface area contributed by atoms with Crippen LogP contribution in [-0.4, -0.2) is 24.4 Å². The lowest BCUT2D eigenvalue weighted by molar-refractivity contribution is -0.942. The number of piperidine rings is 1. The number of anilines is 1. The highest BCUT2D eigenvalue weighted by atomic mass is 16.2. The Morgan fingerprint density at radius 1 is 1.11 bits per heavy atom. The number of nitrogens with two attached hydrogens (primary N) is 1. The topological polar surface area (TPSA) is 76.6 Å². The first-order valence-corrected chi connectivity index (χ1v) is 9.55. The van der Waals surface area contributed by atoms with Crippen molar-refractivity contribution >= 4 is 17.5 Å². The minimum absolute atomic E-state index is 0.0990. The zero-order chi connectivity index (χ0) is 19.4. The van der Waals surface area contributed by atoms with E-state index < -0.39 is 6.04 Å². The molecule has 0 spiro atoms. The zero-order valence-corrected chi connectivity index (χ0v) is 16.0. The van der Waals surface area contributed by atoms with E-state index in [0.29, 0.717) is 0 Å². The van der Waals surface area contributed by atoms with E-state index in [-0.39, 0.29) is 17.9 Å². The fourth-order valence-electron chi connectivity index (χ4n) is 3.96. The van der Waals surface area contributed by atoms with E-state index in [4.69, 9.17) is 5.73 Å². The maximum Gasteiger partial charge on any atom is 0.287 e. The summed E-state index contributed by atoms with van der Waals surface area (Å²) in [5.74, 6) is -0.428. The van der Waals surface area contributed by atoms with Gasteiger partial charge >= 0.3 is 0 Å². The molecular weight excluding hydrogens is 338 g/mol. The number of likely N-dealkylation sites (tertiary alicyclic amines) is 1. The summed E-state index contributed by atoms with van der Waals surface area (Å²) >= 11 is 0. The smallest absolute Gasteiger partial charge is 0.287 e. The van der Waals surface area contributed by atoms with E-state index in [0.717, 1.165) is 53.1 Å². The number of rotatable bonds is 5. The summed E-state index contributed by atoms with van der Waals surface area (Å²) in [4.78, 5) is 26.4. The van der Waals surface area contributed by atoms with Gasteiger partial charge in [0.15, 0.2) is 12.1 Å². The Hall–Kier alpha value is -2.66. The van der Waals surface area contributed by atoms with Gasteiger partial charge < -0.3 is 16.0 Å². The lowest BCUT2D eigenvalue weighted by atomic mass is 9.95. The molecule has 1 aliphatic rings. The second kappa shape index (κ2) is 8.35. The Kier molecular flexibility index (Phi) is 5.91. The van der Waals surface area contributed by atoms with Crippen molar-refractivity contribution in [2.24, 2.45) is 5.73 Å². The van der Waals surface area contributed by atoms with Crippen LogP contribution in [0.25, 0.3) is 0 Å². The molecule has 0 bridgehead atoms. The normalized spacial score (nSPS) is 20.7. The average Bonchev–Trinajstić information content (AvgIpc) is 2.66. The Morgan fingerprint density at radius 3 is 2.56 bits per heavy atom. The van der Waals surface area contributed by atoms with Gasteiger partial charge in [0.1, 0.15) is 0 Å². The molecule has 1 aliphatic heterocycles. The van der Waals surface area contributed by atoms with E-state index in [1.54, 1.807) is 0 Å². The van der Waals surface area contributed by atoms with E-state index >= 15 is 0 Å². The Balaban J connectivity index is 1.95. The summed E-state index contributed by atoms with van der Waals surface area (Å²) in [7, 11) is 0. The van der Waals surface area contributed by atoms with Gasteiger partial charge in [-0.25, -0.2) is 0 Å². The molecule has 0 aromatic heterocycles. The Labute approximate surface area is 160 Å². The highest BCUT2D eigenvalue weighted by Gasteiger charge is 2.41. The molecule has 4 N–H and O–H groups in total. The predicted molar refractivity (Wildman–Crippen MR) is 106 cm³/mol. The molecule has 1 fully saturated rings. The number of nitrogens with one attached hydrogen (secondary N) is 2.